The molecule has 2 aromatic carbocycles. The van der Waals surface area contributed by atoms with Gasteiger partial charge in [-0.1, -0.05) is 59.5 Å². The van der Waals surface area contributed by atoms with Gasteiger partial charge in [-0.05, 0) is 30.2 Å². The van der Waals surface area contributed by atoms with Gasteiger partial charge in [0.25, 0.3) is 5.91 Å². The number of rotatable bonds is 7. The molecule has 1 saturated heterocycles. The Kier molecular flexibility index (Phi) is 7.21. The van der Waals surface area contributed by atoms with E-state index in [0.717, 1.165) is 10.1 Å². The number of aryl methyl sites for hydroxylation is 1. The topological polar surface area (TPSA) is 101 Å². The number of ether oxygens (including phenoxy) is 1. The van der Waals surface area contributed by atoms with Gasteiger partial charge in [-0.25, -0.2) is 8.42 Å². The summed E-state index contributed by atoms with van der Waals surface area (Å²) in [5.41, 5.74) is 2.13. The highest BCUT2D eigenvalue weighted by atomic mass is 32.2. The third-order valence-corrected chi connectivity index (χ3v) is 8.83. The van der Waals surface area contributed by atoms with Crippen molar-refractivity contribution >= 4 is 44.2 Å². The average Bonchev–Trinajstić information content (AvgIpc) is 3.26. The lowest BCUT2D eigenvalue weighted by molar-refractivity contribution is 0.0730. The number of carbonyl (C=O) groups is 1. The van der Waals surface area contributed by atoms with Crippen molar-refractivity contribution in [1.82, 2.24) is 14.5 Å². The quantitative estimate of drug-likeness (QED) is 0.400. The zero-order valence-corrected chi connectivity index (χ0v) is 19.8. The molecule has 3 aromatic rings. The molecule has 0 atom stereocenters. The number of amides is 1. The van der Waals surface area contributed by atoms with Crippen molar-refractivity contribution in [2.75, 3.05) is 31.6 Å². The van der Waals surface area contributed by atoms with Crippen molar-refractivity contribution in [3.8, 4) is 0 Å². The van der Waals surface area contributed by atoms with Gasteiger partial charge in [0.05, 0.1) is 18.1 Å². The number of nitrogens with zero attached hydrogens (tertiary/aromatic N) is 3. The van der Waals surface area contributed by atoms with Crippen LogP contribution in [-0.2, 0) is 20.5 Å². The molecule has 0 unspecified atom stereocenters. The molecule has 4 rings (SSSR count). The summed E-state index contributed by atoms with van der Waals surface area (Å²) in [5, 5.41) is 11.3. The first-order chi connectivity index (χ1) is 15.4. The number of nitrogens with one attached hydrogen (secondary N) is 1. The number of anilines is 1. The summed E-state index contributed by atoms with van der Waals surface area (Å²) in [6.45, 7) is 3.08. The van der Waals surface area contributed by atoms with Crippen LogP contribution in [0.4, 0.5) is 5.13 Å². The van der Waals surface area contributed by atoms with Gasteiger partial charge in [-0.3, -0.25) is 10.1 Å². The first kappa shape index (κ1) is 22.9. The predicted molar refractivity (Wildman–Crippen MR) is 125 cm³/mol. The predicted octanol–water partition coefficient (Wildman–Crippen LogP) is 3.41. The monoisotopic (exact) mass is 490 g/mol. The molecule has 1 aromatic heterocycles. The fourth-order valence-electron chi connectivity index (χ4n) is 3.14. The molecule has 1 amide bonds. The Morgan fingerprint density at radius 1 is 1.16 bits per heavy atom. The molecular formula is C21H22N4O4S3. The summed E-state index contributed by atoms with van der Waals surface area (Å²) in [6.07, 6.45) is 0. The summed E-state index contributed by atoms with van der Waals surface area (Å²) in [7, 11) is -3.69. The molecule has 8 nitrogen and oxygen atoms in total. The number of sulfonamides is 1. The number of hydrogen-bond acceptors (Lipinski definition) is 8. The second-order valence-corrected chi connectivity index (χ2v) is 11.2. The van der Waals surface area contributed by atoms with E-state index in [1.165, 1.54) is 33.3 Å². The highest BCUT2D eigenvalue weighted by Crippen LogP contribution is 2.29. The molecule has 0 saturated carbocycles. The average molecular weight is 491 g/mol. The van der Waals surface area contributed by atoms with Crippen LogP contribution in [0.15, 0.2) is 57.8 Å². The minimum atomic E-state index is -3.69. The maximum Gasteiger partial charge on any atom is 0.257 e. The Bertz CT molecular complexity index is 1190. The van der Waals surface area contributed by atoms with Gasteiger partial charge in [0.1, 0.15) is 0 Å². The first-order valence-electron chi connectivity index (χ1n) is 9.93. The van der Waals surface area contributed by atoms with Gasteiger partial charge >= 0.3 is 0 Å². The van der Waals surface area contributed by atoms with Crippen molar-refractivity contribution in [2.24, 2.45) is 0 Å². The second-order valence-electron chi connectivity index (χ2n) is 7.09. The molecule has 168 valence electrons. The molecule has 1 N–H and O–H groups in total. The van der Waals surface area contributed by atoms with Crippen molar-refractivity contribution < 1.29 is 17.9 Å². The highest BCUT2D eigenvalue weighted by molar-refractivity contribution is 8.00. The zero-order chi connectivity index (χ0) is 22.6. The standard InChI is InChI=1S/C21H22N4O4S3/c1-15-7-8-17(32(27,28)25-9-11-29-12-10-25)13-18(15)19(26)22-20-23-24-21(31-20)30-14-16-5-3-2-4-6-16/h2-8,13H,9-12,14H2,1H3,(H,22,23,26). The number of aromatic nitrogens is 2. The third-order valence-electron chi connectivity index (χ3n) is 4.89. The first-order valence-corrected chi connectivity index (χ1v) is 13.2. The number of carbonyl (C=O) groups excluding carboxylic acids is 1. The highest BCUT2D eigenvalue weighted by Gasteiger charge is 2.27. The van der Waals surface area contributed by atoms with E-state index >= 15 is 0 Å². The Morgan fingerprint density at radius 2 is 1.91 bits per heavy atom. The molecule has 1 fully saturated rings. The summed E-state index contributed by atoms with van der Waals surface area (Å²) >= 11 is 2.82. The molecule has 0 radical (unpaired) electrons. The maximum atomic E-state index is 12.9. The number of morpholine rings is 1. The van der Waals surface area contributed by atoms with Gasteiger partial charge in [0, 0.05) is 24.4 Å². The van der Waals surface area contributed by atoms with E-state index in [4.69, 9.17) is 4.74 Å². The van der Waals surface area contributed by atoms with E-state index < -0.39 is 15.9 Å². The van der Waals surface area contributed by atoms with Gasteiger partial charge in [-0.2, -0.15) is 4.31 Å². The van der Waals surface area contributed by atoms with Crippen LogP contribution in [0.1, 0.15) is 21.5 Å². The van der Waals surface area contributed by atoms with E-state index in [2.05, 4.69) is 15.5 Å². The van der Waals surface area contributed by atoms with E-state index in [0.29, 0.717) is 37.0 Å². The van der Waals surface area contributed by atoms with Gasteiger partial charge < -0.3 is 4.74 Å². The molecule has 0 bridgehead atoms. The number of thioether (sulfide) groups is 1. The van der Waals surface area contributed by atoms with Gasteiger partial charge in [-0.15, -0.1) is 10.2 Å². The van der Waals surface area contributed by atoms with Crippen LogP contribution in [-0.4, -0.2) is 55.1 Å². The summed E-state index contributed by atoms with van der Waals surface area (Å²) < 4.78 is 33.2. The number of hydrogen-bond donors (Lipinski definition) is 1. The molecule has 1 aliphatic heterocycles. The Hall–Kier alpha value is -2.31. The second kappa shape index (κ2) is 10.1. The minimum absolute atomic E-state index is 0.0894. The van der Waals surface area contributed by atoms with Crippen LogP contribution in [0.3, 0.4) is 0 Å². The normalized spacial score (nSPS) is 14.9. The van der Waals surface area contributed by atoms with Crippen LogP contribution in [0.2, 0.25) is 0 Å². The van der Waals surface area contributed by atoms with Gasteiger partial charge in [0.2, 0.25) is 15.2 Å². The number of benzene rings is 2. The zero-order valence-electron chi connectivity index (χ0n) is 17.4. The SMILES string of the molecule is Cc1ccc(S(=O)(=O)N2CCOCC2)cc1C(=O)Nc1nnc(SCc2ccccc2)s1. The molecule has 32 heavy (non-hydrogen) atoms. The maximum absolute atomic E-state index is 12.9. The smallest absolute Gasteiger partial charge is 0.257 e. The minimum Gasteiger partial charge on any atom is -0.379 e. The lowest BCUT2D eigenvalue weighted by Gasteiger charge is -2.26. The van der Waals surface area contributed by atoms with Crippen LogP contribution in [0, 0.1) is 6.92 Å². The lowest BCUT2D eigenvalue weighted by atomic mass is 10.1. The molecule has 0 spiro atoms. The van der Waals surface area contributed by atoms with Crippen molar-refractivity contribution in [3.05, 3.63) is 65.2 Å². The third kappa shape index (κ3) is 5.36. The van der Waals surface area contributed by atoms with E-state index in [9.17, 15) is 13.2 Å². The fourth-order valence-corrected chi connectivity index (χ4v) is 6.28. The van der Waals surface area contributed by atoms with Crippen LogP contribution < -0.4 is 5.32 Å². The van der Waals surface area contributed by atoms with Gasteiger partial charge in [0.15, 0.2) is 4.34 Å². The Morgan fingerprint density at radius 3 is 2.66 bits per heavy atom. The summed E-state index contributed by atoms with van der Waals surface area (Å²) in [4.78, 5) is 13.0. The largest absolute Gasteiger partial charge is 0.379 e. The molecular weight excluding hydrogens is 468 g/mol. The van der Waals surface area contributed by atoms with Crippen LogP contribution in [0.25, 0.3) is 0 Å². The van der Waals surface area contributed by atoms with Crippen molar-refractivity contribution in [1.29, 1.82) is 0 Å². The van der Waals surface area contributed by atoms with E-state index in [1.54, 1.807) is 24.8 Å². The van der Waals surface area contributed by atoms with Crippen LogP contribution in [0.5, 0.6) is 0 Å². The lowest BCUT2D eigenvalue weighted by Crippen LogP contribution is -2.40. The van der Waals surface area contributed by atoms with E-state index in [1.807, 2.05) is 30.3 Å². The Labute approximate surface area is 195 Å². The van der Waals surface area contributed by atoms with Crippen molar-refractivity contribution in [2.45, 2.75) is 21.9 Å². The fraction of sp³-hybridized carbons (Fsp3) is 0.286. The van der Waals surface area contributed by atoms with Crippen LogP contribution >= 0.6 is 23.1 Å². The van der Waals surface area contributed by atoms with E-state index in [-0.39, 0.29) is 10.5 Å². The van der Waals surface area contributed by atoms with Crippen molar-refractivity contribution in [3.63, 3.8) is 0 Å². The molecule has 2 heterocycles. The Balaban J connectivity index is 1.45. The molecule has 11 heteroatoms. The molecule has 0 aliphatic carbocycles. The summed E-state index contributed by atoms with van der Waals surface area (Å²) in [6, 6.07) is 14.6. The molecule has 1 aliphatic rings. The summed E-state index contributed by atoms with van der Waals surface area (Å²) in [5.74, 6) is 0.335.